The predicted octanol–water partition coefficient (Wildman–Crippen LogP) is 8.45. The minimum atomic E-state index is -3.66. The molecular formula is C32H27Cl2N3O5S. The van der Waals surface area contributed by atoms with E-state index >= 15 is 0 Å². The molecule has 0 saturated carbocycles. The Bertz CT molecular complexity index is 1890. The summed E-state index contributed by atoms with van der Waals surface area (Å²) in [5, 5.41) is 10.4. The maximum absolute atomic E-state index is 11.8. The molecule has 5 aromatic rings. The number of imidazole rings is 1. The van der Waals surface area contributed by atoms with Gasteiger partial charge < -0.3 is 14.8 Å². The smallest absolute Gasteiger partial charge is 0.335 e. The monoisotopic (exact) mass is 635 g/mol. The Morgan fingerprint density at radius 1 is 0.977 bits per heavy atom. The fourth-order valence-corrected chi connectivity index (χ4v) is 5.78. The van der Waals surface area contributed by atoms with Crippen molar-refractivity contribution in [1.82, 2.24) is 9.97 Å². The van der Waals surface area contributed by atoms with Crippen LogP contribution >= 0.6 is 23.2 Å². The first-order chi connectivity index (χ1) is 20.5. The Hall–Kier alpha value is -4.31. The van der Waals surface area contributed by atoms with Gasteiger partial charge in [0.2, 0.25) is 10.0 Å². The van der Waals surface area contributed by atoms with Gasteiger partial charge in [-0.05, 0) is 71.6 Å². The van der Waals surface area contributed by atoms with Gasteiger partial charge in [-0.15, -0.1) is 0 Å². The average molecular weight is 637 g/mol. The van der Waals surface area contributed by atoms with Crippen molar-refractivity contribution in [3.8, 4) is 33.9 Å². The molecule has 0 aliphatic rings. The van der Waals surface area contributed by atoms with Gasteiger partial charge in [-0.1, -0.05) is 66.5 Å². The second kappa shape index (κ2) is 12.5. The van der Waals surface area contributed by atoms with Gasteiger partial charge in [-0.2, -0.15) is 0 Å². The number of carboxylic acids is 1. The maximum atomic E-state index is 11.8. The van der Waals surface area contributed by atoms with Crippen molar-refractivity contribution in [2.75, 3.05) is 11.0 Å². The Morgan fingerprint density at radius 3 is 2.26 bits per heavy atom. The molecule has 8 nitrogen and oxygen atoms in total. The molecule has 0 aliphatic carbocycles. The number of hydrogen-bond acceptors (Lipinski definition) is 5. The molecule has 1 unspecified atom stereocenters. The lowest BCUT2D eigenvalue weighted by atomic mass is 9.93. The third kappa shape index (κ3) is 7.19. The van der Waals surface area contributed by atoms with Crippen LogP contribution < -0.4 is 9.46 Å². The predicted molar refractivity (Wildman–Crippen MR) is 170 cm³/mol. The highest BCUT2D eigenvalue weighted by molar-refractivity contribution is 7.92. The van der Waals surface area contributed by atoms with E-state index in [1.807, 2.05) is 36.5 Å². The van der Waals surface area contributed by atoms with Crippen LogP contribution in [0.2, 0.25) is 10.0 Å². The van der Waals surface area contributed by atoms with Gasteiger partial charge >= 0.3 is 5.97 Å². The highest BCUT2D eigenvalue weighted by Crippen LogP contribution is 2.35. The summed E-state index contributed by atoms with van der Waals surface area (Å²) in [5.74, 6) is 0.365. The van der Waals surface area contributed by atoms with E-state index in [0.717, 1.165) is 46.4 Å². The molecule has 0 bridgehead atoms. The first-order valence-corrected chi connectivity index (χ1v) is 15.9. The number of aromatic amines is 1. The first-order valence-electron chi connectivity index (χ1n) is 13.2. The fraction of sp³-hybridized carbons (Fsp3) is 0.125. The molecular weight excluding hydrogens is 609 g/mol. The molecule has 5 rings (SSSR count). The van der Waals surface area contributed by atoms with Crippen molar-refractivity contribution in [3.05, 3.63) is 118 Å². The van der Waals surface area contributed by atoms with Crippen molar-refractivity contribution < 1.29 is 23.1 Å². The maximum Gasteiger partial charge on any atom is 0.335 e. The van der Waals surface area contributed by atoms with E-state index in [-0.39, 0.29) is 22.9 Å². The van der Waals surface area contributed by atoms with Crippen LogP contribution in [0.1, 0.15) is 41.0 Å². The summed E-state index contributed by atoms with van der Waals surface area (Å²) in [7, 11) is -3.66. The topological polar surface area (TPSA) is 121 Å². The Kier molecular flexibility index (Phi) is 8.77. The fourth-order valence-electron chi connectivity index (χ4n) is 4.72. The SMILES string of the molecule is CCC(c1ccc(-c2ccc(Oc3ccc(C(=O)O)cc3NS(C)(=O)=O)cc2)cc1)c1nc(-c2ccc(Cl)cc2Cl)c[nH]1. The van der Waals surface area contributed by atoms with E-state index < -0.39 is 16.0 Å². The molecule has 1 heterocycles. The number of H-pyrrole nitrogens is 1. The van der Waals surface area contributed by atoms with Crippen LogP contribution in [0.3, 0.4) is 0 Å². The molecule has 0 saturated heterocycles. The summed E-state index contributed by atoms with van der Waals surface area (Å²) >= 11 is 12.4. The molecule has 1 aromatic heterocycles. The standard InChI is InChI=1S/C32H27Cl2N3O5S/c1-3-25(31-35-18-29(36-31)26-14-11-23(33)17-27(26)34)21-6-4-19(5-7-21)20-8-12-24(13-9-20)42-30-15-10-22(32(38)39)16-28(30)37-43(2,40)41/h4-18,25,37H,3H2,1-2H3,(H,35,36)(H,38,39). The molecule has 4 aromatic carbocycles. The third-order valence-electron chi connectivity index (χ3n) is 6.79. The molecule has 0 radical (unpaired) electrons. The number of rotatable bonds is 10. The zero-order chi connectivity index (χ0) is 30.7. The van der Waals surface area contributed by atoms with E-state index in [0.29, 0.717) is 15.8 Å². The highest BCUT2D eigenvalue weighted by atomic mass is 35.5. The van der Waals surface area contributed by atoms with Crippen LogP contribution in [0.4, 0.5) is 5.69 Å². The Labute approximate surface area is 259 Å². The van der Waals surface area contributed by atoms with Gasteiger partial charge in [0.05, 0.1) is 28.2 Å². The molecule has 3 N–H and O–H groups in total. The van der Waals surface area contributed by atoms with E-state index in [1.54, 1.807) is 24.3 Å². The second-order valence-corrected chi connectivity index (χ2v) is 12.5. The van der Waals surface area contributed by atoms with Crippen LogP contribution in [0.15, 0.2) is 91.1 Å². The lowest BCUT2D eigenvalue weighted by Crippen LogP contribution is -2.11. The summed E-state index contributed by atoms with van der Waals surface area (Å²) < 4.78 is 31.8. The number of nitrogens with one attached hydrogen (secondary N) is 2. The third-order valence-corrected chi connectivity index (χ3v) is 7.93. The first kappa shape index (κ1) is 30.2. The number of nitrogens with zero attached hydrogens (tertiary/aromatic N) is 1. The number of aromatic nitrogens is 2. The van der Waals surface area contributed by atoms with Gasteiger partial charge in [0.15, 0.2) is 5.75 Å². The van der Waals surface area contributed by atoms with Gasteiger partial charge in [-0.25, -0.2) is 18.2 Å². The summed E-state index contributed by atoms with van der Waals surface area (Å²) in [6, 6.07) is 24.9. The van der Waals surface area contributed by atoms with E-state index in [4.69, 9.17) is 32.9 Å². The Morgan fingerprint density at radius 2 is 1.65 bits per heavy atom. The average Bonchev–Trinajstić information content (AvgIpc) is 3.44. The second-order valence-electron chi connectivity index (χ2n) is 9.89. The number of aromatic carboxylic acids is 1. The minimum absolute atomic E-state index is 0.0347. The van der Waals surface area contributed by atoms with Crippen LogP contribution in [0.25, 0.3) is 22.4 Å². The number of hydrogen-bond donors (Lipinski definition) is 3. The Balaban J connectivity index is 1.32. The van der Waals surface area contributed by atoms with Crippen LogP contribution in [-0.2, 0) is 10.0 Å². The van der Waals surface area contributed by atoms with E-state index in [2.05, 4.69) is 28.8 Å². The molecule has 0 spiro atoms. The minimum Gasteiger partial charge on any atom is -0.478 e. The zero-order valence-corrected chi connectivity index (χ0v) is 25.5. The summed E-state index contributed by atoms with van der Waals surface area (Å²) in [5.41, 5.74) is 4.61. The van der Waals surface area contributed by atoms with Crippen molar-refractivity contribution in [1.29, 1.82) is 0 Å². The van der Waals surface area contributed by atoms with E-state index in [1.165, 1.54) is 18.2 Å². The van der Waals surface area contributed by atoms with Crippen molar-refractivity contribution in [3.63, 3.8) is 0 Å². The van der Waals surface area contributed by atoms with Gasteiger partial charge in [-0.3, -0.25) is 4.72 Å². The van der Waals surface area contributed by atoms with Crippen LogP contribution in [-0.4, -0.2) is 35.7 Å². The molecule has 0 fully saturated rings. The van der Waals surface area contributed by atoms with Crippen LogP contribution in [0.5, 0.6) is 11.5 Å². The number of benzene rings is 4. The molecule has 0 amide bonds. The van der Waals surface area contributed by atoms with Crippen LogP contribution in [0, 0.1) is 0 Å². The zero-order valence-electron chi connectivity index (χ0n) is 23.1. The van der Waals surface area contributed by atoms with Gasteiger partial charge in [0.1, 0.15) is 11.6 Å². The summed E-state index contributed by atoms with van der Waals surface area (Å²) in [6.07, 6.45) is 3.68. The highest BCUT2D eigenvalue weighted by Gasteiger charge is 2.18. The lowest BCUT2D eigenvalue weighted by molar-refractivity contribution is 0.0697. The number of carbonyl (C=O) groups is 1. The lowest BCUT2D eigenvalue weighted by Gasteiger charge is -2.14. The molecule has 220 valence electrons. The van der Waals surface area contributed by atoms with Gasteiger partial charge in [0.25, 0.3) is 0 Å². The number of carboxylic acid groups (broad SMARTS) is 1. The quantitative estimate of drug-likeness (QED) is 0.141. The summed E-state index contributed by atoms with van der Waals surface area (Å²) in [6.45, 7) is 2.11. The van der Waals surface area contributed by atoms with Crippen molar-refractivity contribution in [2.45, 2.75) is 19.3 Å². The largest absolute Gasteiger partial charge is 0.478 e. The number of anilines is 1. The normalized spacial score (nSPS) is 12.1. The molecule has 11 heteroatoms. The van der Waals surface area contributed by atoms with Crippen molar-refractivity contribution in [2.24, 2.45) is 0 Å². The van der Waals surface area contributed by atoms with Gasteiger partial charge in [0, 0.05) is 22.7 Å². The molecule has 0 aliphatic heterocycles. The summed E-state index contributed by atoms with van der Waals surface area (Å²) in [4.78, 5) is 19.5. The van der Waals surface area contributed by atoms with E-state index in [9.17, 15) is 18.3 Å². The number of sulfonamides is 1. The molecule has 43 heavy (non-hydrogen) atoms. The number of ether oxygens (including phenoxy) is 1. The van der Waals surface area contributed by atoms with Crippen molar-refractivity contribution >= 4 is 44.9 Å². The molecule has 1 atom stereocenters. The number of halogens is 2.